The first kappa shape index (κ1) is 25.2. The van der Waals surface area contributed by atoms with E-state index in [0.717, 1.165) is 57.8 Å². The Kier molecular flexibility index (Phi) is 8.34. The van der Waals surface area contributed by atoms with Crippen molar-refractivity contribution < 1.29 is 22.3 Å². The molecule has 1 atom stereocenters. The average Bonchev–Trinajstić information content (AvgIpc) is 2.87. The molecule has 0 N–H and O–H groups in total. The Hall–Kier alpha value is -1.88. The van der Waals surface area contributed by atoms with Crippen molar-refractivity contribution >= 4 is 0 Å². The van der Waals surface area contributed by atoms with Gasteiger partial charge in [-0.3, -0.25) is 0 Å². The van der Waals surface area contributed by atoms with Gasteiger partial charge >= 0.3 is 0 Å². The van der Waals surface area contributed by atoms with Gasteiger partial charge in [-0.2, -0.15) is 0 Å². The fourth-order valence-electron chi connectivity index (χ4n) is 6.15. The number of rotatable bonds is 7. The van der Waals surface area contributed by atoms with E-state index in [1.807, 2.05) is 6.08 Å². The highest BCUT2D eigenvalue weighted by molar-refractivity contribution is 5.35. The molecule has 34 heavy (non-hydrogen) atoms. The Labute approximate surface area is 201 Å². The van der Waals surface area contributed by atoms with Crippen LogP contribution in [-0.4, -0.2) is 13.2 Å². The molecule has 0 bridgehead atoms. The SMILES string of the molecule is C=CC1CCC(c2ccc(CCC3CCC(C4=CCC(OC)C(F)=C4F)CC3)c(F)c2F)CC1. The Balaban J connectivity index is 1.30. The smallest absolute Gasteiger partial charge is 0.165 e. The fourth-order valence-corrected chi connectivity index (χ4v) is 6.15. The Morgan fingerprint density at radius 2 is 1.59 bits per heavy atom. The summed E-state index contributed by atoms with van der Waals surface area (Å²) < 4.78 is 63.4. The summed E-state index contributed by atoms with van der Waals surface area (Å²) in [5, 5.41) is 0. The maximum Gasteiger partial charge on any atom is 0.165 e. The predicted octanol–water partition coefficient (Wildman–Crippen LogP) is 8.66. The Morgan fingerprint density at radius 3 is 2.24 bits per heavy atom. The van der Waals surface area contributed by atoms with Gasteiger partial charge in [0.2, 0.25) is 0 Å². The fraction of sp³-hybridized carbons (Fsp3) is 0.586. The summed E-state index contributed by atoms with van der Waals surface area (Å²) in [6.07, 6.45) is 11.6. The van der Waals surface area contributed by atoms with Crippen molar-refractivity contribution in [3.8, 4) is 0 Å². The van der Waals surface area contributed by atoms with Crippen LogP contribution in [0, 0.1) is 29.4 Å². The number of halogens is 4. The lowest BCUT2D eigenvalue weighted by atomic mass is 9.75. The largest absolute Gasteiger partial charge is 0.374 e. The molecule has 2 saturated carbocycles. The topological polar surface area (TPSA) is 9.23 Å². The summed E-state index contributed by atoms with van der Waals surface area (Å²) in [4.78, 5) is 0. The molecule has 0 radical (unpaired) electrons. The molecule has 1 aromatic rings. The van der Waals surface area contributed by atoms with Gasteiger partial charge in [0, 0.05) is 7.11 Å². The van der Waals surface area contributed by atoms with Crippen molar-refractivity contribution in [2.45, 2.75) is 82.7 Å². The van der Waals surface area contributed by atoms with Crippen LogP contribution in [-0.2, 0) is 11.2 Å². The molecule has 3 aliphatic rings. The third kappa shape index (κ3) is 5.35. The monoisotopic (exact) mass is 476 g/mol. The quantitative estimate of drug-likeness (QED) is 0.283. The summed E-state index contributed by atoms with van der Waals surface area (Å²) in [7, 11) is 1.39. The highest BCUT2D eigenvalue weighted by Crippen LogP contribution is 2.42. The zero-order chi connectivity index (χ0) is 24.2. The highest BCUT2D eigenvalue weighted by Gasteiger charge is 2.32. The molecule has 2 fully saturated rings. The molecule has 0 saturated heterocycles. The molecule has 1 unspecified atom stereocenters. The van der Waals surface area contributed by atoms with Crippen molar-refractivity contribution in [1.29, 1.82) is 0 Å². The van der Waals surface area contributed by atoms with Gasteiger partial charge in [0.05, 0.1) is 0 Å². The van der Waals surface area contributed by atoms with Gasteiger partial charge in [0.1, 0.15) is 6.10 Å². The number of allylic oxidation sites excluding steroid dienone is 3. The summed E-state index contributed by atoms with van der Waals surface area (Å²) in [5.41, 5.74) is 1.44. The van der Waals surface area contributed by atoms with E-state index in [1.165, 1.54) is 7.11 Å². The van der Waals surface area contributed by atoms with Gasteiger partial charge in [-0.25, -0.2) is 17.6 Å². The third-order valence-corrected chi connectivity index (χ3v) is 8.43. The number of hydrogen-bond acceptors (Lipinski definition) is 1. The number of hydrogen-bond donors (Lipinski definition) is 0. The van der Waals surface area contributed by atoms with Gasteiger partial charge in [0.25, 0.3) is 0 Å². The standard InChI is InChI=1S/C29H36F4O/c1-3-18-4-9-20(10-5-18)23-15-14-22(26(30)27(23)31)13-8-19-6-11-21(12-7-19)24-16-17-25(34-2)29(33)28(24)32/h3,14-16,18-21,25H,1,4-13,17H2,2H3. The van der Waals surface area contributed by atoms with Crippen LogP contribution in [0.4, 0.5) is 17.6 Å². The van der Waals surface area contributed by atoms with Crippen LogP contribution in [0.15, 0.2) is 48.1 Å². The first-order valence-electron chi connectivity index (χ1n) is 12.8. The molecule has 4 rings (SSSR count). The van der Waals surface area contributed by atoms with Gasteiger partial charge in [0.15, 0.2) is 23.3 Å². The van der Waals surface area contributed by atoms with Crippen molar-refractivity contribution in [1.82, 2.24) is 0 Å². The number of methoxy groups -OCH3 is 1. The van der Waals surface area contributed by atoms with Crippen LogP contribution in [0.1, 0.15) is 81.3 Å². The molecular weight excluding hydrogens is 440 g/mol. The van der Waals surface area contributed by atoms with E-state index in [0.29, 0.717) is 41.4 Å². The molecule has 0 spiro atoms. The van der Waals surface area contributed by atoms with E-state index in [9.17, 15) is 17.6 Å². The number of benzene rings is 1. The van der Waals surface area contributed by atoms with Crippen LogP contribution in [0.2, 0.25) is 0 Å². The molecule has 0 heterocycles. The lowest BCUT2D eigenvalue weighted by molar-refractivity contribution is 0.107. The predicted molar refractivity (Wildman–Crippen MR) is 128 cm³/mol. The molecular formula is C29H36F4O. The molecule has 0 amide bonds. The number of ether oxygens (including phenoxy) is 1. The molecule has 186 valence electrons. The lowest BCUT2D eigenvalue weighted by Gasteiger charge is -2.31. The Bertz CT molecular complexity index is 934. The molecule has 1 aromatic carbocycles. The summed E-state index contributed by atoms with van der Waals surface area (Å²) in [5.74, 6) is -1.94. The first-order valence-corrected chi connectivity index (χ1v) is 12.8. The second-order valence-corrected chi connectivity index (χ2v) is 10.3. The Morgan fingerprint density at radius 1 is 0.912 bits per heavy atom. The molecule has 3 aliphatic carbocycles. The second-order valence-electron chi connectivity index (χ2n) is 10.3. The number of aryl methyl sites for hydroxylation is 1. The van der Waals surface area contributed by atoms with Crippen LogP contribution in [0.5, 0.6) is 0 Å². The second kappa shape index (κ2) is 11.2. The zero-order valence-corrected chi connectivity index (χ0v) is 20.1. The van der Waals surface area contributed by atoms with Crippen molar-refractivity contribution in [3.63, 3.8) is 0 Å². The van der Waals surface area contributed by atoms with E-state index in [2.05, 4.69) is 6.58 Å². The maximum atomic E-state index is 14.9. The zero-order valence-electron chi connectivity index (χ0n) is 20.1. The van der Waals surface area contributed by atoms with Crippen molar-refractivity contribution in [2.24, 2.45) is 17.8 Å². The third-order valence-electron chi connectivity index (χ3n) is 8.43. The van der Waals surface area contributed by atoms with Crippen LogP contribution in [0.25, 0.3) is 0 Å². The van der Waals surface area contributed by atoms with E-state index >= 15 is 0 Å². The summed E-state index contributed by atoms with van der Waals surface area (Å²) >= 11 is 0. The minimum atomic E-state index is -0.816. The van der Waals surface area contributed by atoms with Crippen molar-refractivity contribution in [3.05, 3.63) is 70.9 Å². The minimum Gasteiger partial charge on any atom is -0.374 e. The van der Waals surface area contributed by atoms with Crippen molar-refractivity contribution in [2.75, 3.05) is 7.11 Å². The highest BCUT2D eigenvalue weighted by atomic mass is 19.2. The van der Waals surface area contributed by atoms with E-state index in [1.54, 1.807) is 18.2 Å². The minimum absolute atomic E-state index is 0.0180. The van der Waals surface area contributed by atoms with Gasteiger partial charge in [-0.05, 0) is 111 Å². The van der Waals surface area contributed by atoms with Gasteiger partial charge in [-0.15, -0.1) is 6.58 Å². The van der Waals surface area contributed by atoms with E-state index in [-0.39, 0.29) is 11.8 Å². The van der Waals surface area contributed by atoms with Gasteiger partial charge < -0.3 is 4.74 Å². The lowest BCUT2D eigenvalue weighted by Crippen LogP contribution is -2.22. The van der Waals surface area contributed by atoms with Crippen LogP contribution < -0.4 is 0 Å². The molecule has 1 nitrogen and oxygen atoms in total. The summed E-state index contributed by atoms with van der Waals surface area (Å²) in [6, 6.07) is 3.55. The molecule has 5 heteroatoms. The molecule has 0 aliphatic heterocycles. The maximum absolute atomic E-state index is 14.9. The van der Waals surface area contributed by atoms with Crippen LogP contribution in [0.3, 0.4) is 0 Å². The molecule has 0 aromatic heterocycles. The van der Waals surface area contributed by atoms with Gasteiger partial charge in [-0.1, -0.05) is 24.3 Å². The normalized spacial score (nSPS) is 30.3. The van der Waals surface area contributed by atoms with E-state index < -0.39 is 29.4 Å². The van der Waals surface area contributed by atoms with Crippen LogP contribution >= 0.6 is 0 Å². The first-order chi connectivity index (χ1) is 16.4. The average molecular weight is 477 g/mol. The summed E-state index contributed by atoms with van der Waals surface area (Å²) in [6.45, 7) is 3.85. The van der Waals surface area contributed by atoms with E-state index in [4.69, 9.17) is 4.74 Å².